The molecule has 0 saturated carbocycles. The lowest BCUT2D eigenvalue weighted by molar-refractivity contribution is -0.278. The molecule has 1 aliphatic rings. The molecule has 0 aliphatic carbocycles. The SMILES string of the molecule is O=C(C=Cc1ccc(O)cc1)OC[C@H]1O[C@@H](Oc2ccc3c(=O)cc(-c4ccc(O)c(O)c4)oc3c2O)[C@@H](O)[C@@H](O)[C@@H]1O. The van der Waals surface area contributed by atoms with Crippen molar-refractivity contribution in [2.75, 3.05) is 6.61 Å². The van der Waals surface area contributed by atoms with Gasteiger partial charge in [-0.15, -0.1) is 0 Å². The van der Waals surface area contributed by atoms with Crippen molar-refractivity contribution in [1.29, 1.82) is 0 Å². The third kappa shape index (κ3) is 6.24. The molecule has 0 unspecified atom stereocenters. The van der Waals surface area contributed by atoms with Crippen molar-refractivity contribution in [1.82, 2.24) is 0 Å². The summed E-state index contributed by atoms with van der Waals surface area (Å²) in [6, 6.07) is 13.4. The summed E-state index contributed by atoms with van der Waals surface area (Å²) in [5.74, 6) is -2.61. The summed E-state index contributed by atoms with van der Waals surface area (Å²) in [6.07, 6.45) is -5.73. The van der Waals surface area contributed by atoms with Crippen LogP contribution in [0.4, 0.5) is 0 Å². The van der Waals surface area contributed by atoms with E-state index >= 15 is 0 Å². The fourth-order valence-electron chi connectivity index (χ4n) is 4.34. The Bertz CT molecular complexity index is 1730. The monoisotopic (exact) mass is 594 g/mol. The summed E-state index contributed by atoms with van der Waals surface area (Å²) < 4.78 is 22.0. The molecule has 5 rings (SSSR count). The first-order chi connectivity index (χ1) is 20.5. The number of hydrogen-bond acceptors (Lipinski definition) is 13. The molecule has 0 amide bonds. The zero-order chi connectivity index (χ0) is 30.8. The van der Waals surface area contributed by atoms with Crippen molar-refractivity contribution in [2.45, 2.75) is 30.7 Å². The van der Waals surface area contributed by atoms with Crippen LogP contribution in [0.15, 0.2) is 76.0 Å². The summed E-state index contributed by atoms with van der Waals surface area (Å²) in [5, 5.41) is 70.9. The van der Waals surface area contributed by atoms with E-state index in [9.17, 15) is 45.3 Å². The molecule has 4 aromatic rings. The Morgan fingerprint density at radius 2 is 1.60 bits per heavy atom. The first-order valence-electron chi connectivity index (χ1n) is 12.8. The molecule has 2 heterocycles. The van der Waals surface area contributed by atoms with E-state index in [2.05, 4.69) is 0 Å². The van der Waals surface area contributed by atoms with Crippen LogP contribution in [0.25, 0.3) is 28.4 Å². The van der Waals surface area contributed by atoms with Gasteiger partial charge in [-0.1, -0.05) is 12.1 Å². The molecule has 3 aromatic carbocycles. The second-order valence-corrected chi connectivity index (χ2v) is 9.65. The van der Waals surface area contributed by atoms with E-state index in [-0.39, 0.29) is 39.5 Å². The fraction of sp³-hybridized carbons (Fsp3) is 0.200. The highest BCUT2D eigenvalue weighted by Gasteiger charge is 2.45. The third-order valence-electron chi connectivity index (χ3n) is 6.70. The standard InChI is InChI=1S/C30H26O13/c31-16-5-1-14(2-6-16)3-10-24(35)40-13-23-25(36)27(38)28(39)30(43-23)42-21-9-7-17-19(33)12-22(41-29(17)26(21)37)15-4-8-18(32)20(34)11-15/h1-12,23,25,27-28,30-32,34,36-39H,13H2/t23-,25-,27+,28+,30-/m1/s1. The van der Waals surface area contributed by atoms with E-state index in [0.717, 1.165) is 18.2 Å². The molecular formula is C30H26O13. The van der Waals surface area contributed by atoms with Crippen LogP contribution in [0.3, 0.4) is 0 Å². The number of aliphatic hydroxyl groups excluding tert-OH is 3. The molecule has 0 spiro atoms. The molecule has 224 valence electrons. The molecule has 13 heteroatoms. The van der Waals surface area contributed by atoms with Crippen molar-refractivity contribution in [3.05, 3.63) is 82.5 Å². The van der Waals surface area contributed by atoms with E-state index in [1.54, 1.807) is 12.1 Å². The molecule has 1 saturated heterocycles. The van der Waals surface area contributed by atoms with Crippen molar-refractivity contribution in [3.8, 4) is 40.1 Å². The van der Waals surface area contributed by atoms with E-state index in [1.165, 1.54) is 42.5 Å². The number of aliphatic hydroxyl groups is 3. The van der Waals surface area contributed by atoms with Crippen LogP contribution in [-0.4, -0.2) is 79.0 Å². The summed E-state index contributed by atoms with van der Waals surface area (Å²) in [5.41, 5.74) is -0.0163. The zero-order valence-corrected chi connectivity index (χ0v) is 22.1. The van der Waals surface area contributed by atoms with E-state index < -0.39 is 60.2 Å². The lowest BCUT2D eigenvalue weighted by atomic mass is 9.99. The smallest absolute Gasteiger partial charge is 0.330 e. The average molecular weight is 595 g/mol. The maximum absolute atomic E-state index is 12.7. The summed E-state index contributed by atoms with van der Waals surface area (Å²) in [7, 11) is 0. The van der Waals surface area contributed by atoms with Gasteiger partial charge in [-0.05, 0) is 54.1 Å². The molecule has 0 radical (unpaired) electrons. The maximum atomic E-state index is 12.7. The van der Waals surface area contributed by atoms with Crippen LogP contribution >= 0.6 is 0 Å². The van der Waals surface area contributed by atoms with Crippen molar-refractivity contribution in [3.63, 3.8) is 0 Å². The van der Waals surface area contributed by atoms with Crippen molar-refractivity contribution < 1.29 is 59.2 Å². The number of phenolic OH excluding ortho intramolecular Hbond substituents is 4. The average Bonchev–Trinajstić information content (AvgIpc) is 2.99. The largest absolute Gasteiger partial charge is 0.508 e. The van der Waals surface area contributed by atoms with Gasteiger partial charge in [0.25, 0.3) is 0 Å². The first kappa shape index (κ1) is 29.4. The second-order valence-electron chi connectivity index (χ2n) is 9.65. The molecule has 1 fully saturated rings. The number of fused-ring (bicyclic) bond motifs is 1. The maximum Gasteiger partial charge on any atom is 0.330 e. The number of hydrogen-bond donors (Lipinski definition) is 7. The Kier molecular flexibility index (Phi) is 8.23. The topological polar surface area (TPSA) is 217 Å². The number of benzene rings is 3. The van der Waals surface area contributed by atoms with Gasteiger partial charge in [0.05, 0.1) is 5.39 Å². The summed E-state index contributed by atoms with van der Waals surface area (Å²) in [4.78, 5) is 24.9. The van der Waals surface area contributed by atoms with Gasteiger partial charge in [0.2, 0.25) is 12.0 Å². The van der Waals surface area contributed by atoms with Crippen LogP contribution in [0.1, 0.15) is 5.56 Å². The molecule has 5 atom stereocenters. The summed E-state index contributed by atoms with van der Waals surface area (Å²) >= 11 is 0. The Balaban J connectivity index is 1.33. The van der Waals surface area contributed by atoms with Crippen LogP contribution in [0.2, 0.25) is 0 Å². The number of rotatable bonds is 7. The number of esters is 1. The zero-order valence-electron chi connectivity index (χ0n) is 22.1. The number of aromatic hydroxyl groups is 4. The Hall–Kier alpha value is -5.08. The quantitative estimate of drug-likeness (QED) is 0.0923. The lowest BCUT2D eigenvalue weighted by Gasteiger charge is -2.39. The molecule has 13 nitrogen and oxygen atoms in total. The fourth-order valence-corrected chi connectivity index (χ4v) is 4.34. The summed E-state index contributed by atoms with van der Waals surface area (Å²) in [6.45, 7) is -0.537. The minimum absolute atomic E-state index is 0.0256. The van der Waals surface area contributed by atoms with E-state index in [4.69, 9.17) is 18.6 Å². The predicted molar refractivity (Wildman–Crippen MR) is 148 cm³/mol. The van der Waals surface area contributed by atoms with E-state index in [0.29, 0.717) is 5.56 Å². The van der Waals surface area contributed by atoms with Gasteiger partial charge in [-0.3, -0.25) is 4.79 Å². The van der Waals surface area contributed by atoms with Crippen LogP contribution < -0.4 is 10.2 Å². The second kappa shape index (κ2) is 12.0. The van der Waals surface area contributed by atoms with Gasteiger partial charge in [-0.25, -0.2) is 4.79 Å². The molecule has 7 N–H and O–H groups in total. The molecular weight excluding hydrogens is 568 g/mol. The van der Waals surface area contributed by atoms with Gasteiger partial charge in [0.15, 0.2) is 28.3 Å². The van der Waals surface area contributed by atoms with E-state index in [1.807, 2.05) is 0 Å². The normalized spacial score (nSPS) is 22.1. The highest BCUT2D eigenvalue weighted by atomic mass is 16.7. The lowest BCUT2D eigenvalue weighted by Crippen LogP contribution is -2.60. The van der Waals surface area contributed by atoms with Gasteiger partial charge in [-0.2, -0.15) is 0 Å². The minimum atomic E-state index is -1.80. The minimum Gasteiger partial charge on any atom is -0.508 e. The Labute approximate surface area is 242 Å². The van der Waals surface area contributed by atoms with Gasteiger partial charge in [0.1, 0.15) is 42.5 Å². The molecule has 1 aromatic heterocycles. The van der Waals surface area contributed by atoms with Crippen LogP contribution in [0.5, 0.6) is 28.7 Å². The Morgan fingerprint density at radius 3 is 2.33 bits per heavy atom. The van der Waals surface area contributed by atoms with Gasteiger partial charge >= 0.3 is 5.97 Å². The third-order valence-corrected chi connectivity index (χ3v) is 6.70. The molecule has 0 bridgehead atoms. The van der Waals surface area contributed by atoms with Gasteiger partial charge in [0, 0.05) is 17.7 Å². The Morgan fingerprint density at radius 1 is 0.860 bits per heavy atom. The highest BCUT2D eigenvalue weighted by molar-refractivity contribution is 5.87. The van der Waals surface area contributed by atoms with Gasteiger partial charge < -0.3 is 54.4 Å². The first-order valence-corrected chi connectivity index (χ1v) is 12.8. The predicted octanol–water partition coefficient (Wildman–Crippen LogP) is 1.73. The van der Waals surface area contributed by atoms with Crippen LogP contribution in [-0.2, 0) is 14.3 Å². The van der Waals surface area contributed by atoms with Crippen LogP contribution in [0, 0.1) is 0 Å². The number of ether oxygens (including phenoxy) is 3. The van der Waals surface area contributed by atoms with Crippen molar-refractivity contribution in [2.24, 2.45) is 0 Å². The number of phenols is 4. The number of carbonyl (C=O) groups is 1. The number of carbonyl (C=O) groups excluding carboxylic acids is 1. The molecule has 1 aliphatic heterocycles. The highest BCUT2D eigenvalue weighted by Crippen LogP contribution is 2.38. The van der Waals surface area contributed by atoms with Crippen molar-refractivity contribution >= 4 is 23.0 Å². The molecule has 43 heavy (non-hydrogen) atoms.